The quantitative estimate of drug-likeness (QED) is 0.698. The molecule has 1 aliphatic heterocycles. The van der Waals surface area contributed by atoms with Gasteiger partial charge in [0.1, 0.15) is 5.75 Å². The van der Waals surface area contributed by atoms with Crippen molar-refractivity contribution in [2.45, 2.75) is 18.3 Å². The molecule has 0 saturated carbocycles. The highest BCUT2D eigenvalue weighted by molar-refractivity contribution is 5.79. The molecule has 1 saturated heterocycles. The summed E-state index contributed by atoms with van der Waals surface area (Å²) in [5, 5.41) is 13.8. The Morgan fingerprint density at radius 3 is 3.14 bits per heavy atom. The minimum Gasteiger partial charge on any atom is -0.508 e. The Balaban J connectivity index is 1.83. The van der Waals surface area contributed by atoms with Gasteiger partial charge in [-0.1, -0.05) is 12.1 Å². The van der Waals surface area contributed by atoms with Crippen molar-refractivity contribution >= 4 is 12.2 Å². The lowest BCUT2D eigenvalue weighted by molar-refractivity contribution is 0.221. The molecule has 3 heteroatoms. The molecule has 1 aromatic heterocycles. The number of allylic oxidation sites excluding steroid dienone is 1. The minimum atomic E-state index is -0.0180. The monoisotopic (exact) mass is 288 g/mol. The summed E-state index contributed by atoms with van der Waals surface area (Å²) in [6.07, 6.45) is 11.2. The van der Waals surface area contributed by atoms with Gasteiger partial charge in [0, 0.05) is 35.0 Å². The Kier molecular flexibility index (Phi) is 1.61. The van der Waals surface area contributed by atoms with Crippen LogP contribution in [0.3, 0.4) is 0 Å². The number of aromatic hydroxyl groups is 1. The van der Waals surface area contributed by atoms with Crippen molar-refractivity contribution in [2.75, 3.05) is 6.54 Å². The van der Waals surface area contributed by atoms with E-state index in [-0.39, 0.29) is 10.8 Å². The predicted octanol–water partition coefficient (Wildman–Crippen LogP) is 2.92. The average Bonchev–Trinajstić information content (AvgIpc) is 2.98. The van der Waals surface area contributed by atoms with E-state index in [0.717, 1.165) is 19.4 Å². The number of fused-ring (bicyclic) bond motifs is 1. The van der Waals surface area contributed by atoms with Crippen molar-refractivity contribution in [3.8, 4) is 5.75 Å². The van der Waals surface area contributed by atoms with E-state index in [4.69, 9.17) is 0 Å². The molecule has 0 radical (unpaired) electrons. The topological polar surface area (TPSA) is 48.0 Å². The summed E-state index contributed by atoms with van der Waals surface area (Å²) >= 11 is 0. The molecule has 3 nitrogen and oxygen atoms in total. The zero-order valence-corrected chi connectivity index (χ0v) is 12.1. The number of phenols is 1. The van der Waals surface area contributed by atoms with Gasteiger partial charge >= 0.3 is 0 Å². The minimum absolute atomic E-state index is 0.0127. The first-order chi connectivity index (χ1) is 10.7. The summed E-state index contributed by atoms with van der Waals surface area (Å²) < 4.78 is 0. The summed E-state index contributed by atoms with van der Waals surface area (Å²) in [6.45, 7) is 0.987. The highest BCUT2D eigenvalue weighted by Gasteiger charge is 2.64. The van der Waals surface area contributed by atoms with Gasteiger partial charge in [0.05, 0.1) is 0 Å². The van der Waals surface area contributed by atoms with E-state index >= 15 is 0 Å². The molecule has 1 aromatic carbocycles. The standard InChI is InChI=1S/C19H16N2O/c22-13-2-1-11-7-16-18-4-3-15-17(12(9-18)10-21-15)19(18,5-6-20-16)14(11)8-13/h1-4,7-8,10,20-22H,5-6,9H2. The van der Waals surface area contributed by atoms with E-state index in [2.05, 4.69) is 40.8 Å². The number of rotatable bonds is 0. The van der Waals surface area contributed by atoms with E-state index in [1.54, 1.807) is 6.07 Å². The van der Waals surface area contributed by atoms with E-state index in [0.29, 0.717) is 5.75 Å². The lowest BCUT2D eigenvalue weighted by Crippen LogP contribution is -2.55. The van der Waals surface area contributed by atoms with E-state index in [9.17, 15) is 5.11 Å². The highest BCUT2D eigenvalue weighted by Crippen LogP contribution is 2.68. The first-order valence-electron chi connectivity index (χ1n) is 7.94. The SMILES string of the molecule is Oc1ccc2c(c1)C13CCNC(=C2)C12C=Cc1[nH]cc(c13)C2. The Labute approximate surface area is 128 Å². The van der Waals surface area contributed by atoms with Gasteiger partial charge in [-0.3, -0.25) is 0 Å². The lowest BCUT2D eigenvalue weighted by Gasteiger charge is -2.55. The number of aromatic amines is 1. The lowest BCUT2D eigenvalue weighted by atomic mass is 9.51. The fourth-order valence-corrected chi connectivity index (χ4v) is 5.55. The van der Waals surface area contributed by atoms with Gasteiger partial charge in [0.2, 0.25) is 0 Å². The van der Waals surface area contributed by atoms with Crippen molar-refractivity contribution in [1.82, 2.24) is 10.3 Å². The zero-order valence-electron chi connectivity index (χ0n) is 12.1. The third-order valence-electron chi connectivity index (χ3n) is 6.28. The number of phenolic OH excluding ortho intramolecular Hbond substituents is 1. The number of hydrogen-bond acceptors (Lipinski definition) is 2. The molecule has 3 aliphatic carbocycles. The molecular formula is C19H16N2O. The van der Waals surface area contributed by atoms with Crippen molar-refractivity contribution in [3.63, 3.8) is 0 Å². The Morgan fingerprint density at radius 1 is 1.23 bits per heavy atom. The Bertz CT molecular complexity index is 920. The van der Waals surface area contributed by atoms with Crippen molar-refractivity contribution in [1.29, 1.82) is 0 Å². The van der Waals surface area contributed by atoms with Gasteiger partial charge in [-0.25, -0.2) is 0 Å². The molecule has 6 rings (SSSR count). The van der Waals surface area contributed by atoms with E-state index < -0.39 is 0 Å². The molecule has 108 valence electrons. The fourth-order valence-electron chi connectivity index (χ4n) is 5.55. The summed E-state index contributed by atoms with van der Waals surface area (Å²) in [5.74, 6) is 0.368. The van der Waals surface area contributed by atoms with Crippen molar-refractivity contribution in [2.24, 2.45) is 5.41 Å². The van der Waals surface area contributed by atoms with Crippen LogP contribution in [0.25, 0.3) is 12.2 Å². The van der Waals surface area contributed by atoms with Gasteiger partial charge in [0.25, 0.3) is 0 Å². The van der Waals surface area contributed by atoms with Crippen LogP contribution in [0, 0.1) is 5.41 Å². The second kappa shape index (κ2) is 3.17. The fraction of sp³-hybridized carbons (Fsp3) is 0.263. The Morgan fingerprint density at radius 2 is 2.18 bits per heavy atom. The molecule has 2 aromatic rings. The number of benzene rings is 1. The molecule has 1 fully saturated rings. The van der Waals surface area contributed by atoms with Crippen LogP contribution in [-0.4, -0.2) is 16.6 Å². The third kappa shape index (κ3) is 0.917. The molecule has 0 amide bonds. The van der Waals surface area contributed by atoms with Crippen LogP contribution >= 0.6 is 0 Å². The van der Waals surface area contributed by atoms with Gasteiger partial charge in [-0.15, -0.1) is 0 Å². The van der Waals surface area contributed by atoms with Crippen LogP contribution in [0.4, 0.5) is 0 Å². The predicted molar refractivity (Wildman–Crippen MR) is 85.4 cm³/mol. The molecule has 2 atom stereocenters. The molecule has 0 spiro atoms. The molecule has 2 heterocycles. The maximum absolute atomic E-state index is 10.1. The average molecular weight is 288 g/mol. The molecule has 2 unspecified atom stereocenters. The van der Waals surface area contributed by atoms with Crippen LogP contribution in [0.2, 0.25) is 0 Å². The first kappa shape index (κ1) is 11.2. The summed E-state index contributed by atoms with van der Waals surface area (Å²) in [5.41, 5.74) is 8.03. The number of nitrogens with one attached hydrogen (secondary N) is 2. The smallest absolute Gasteiger partial charge is 0.115 e. The number of hydrogen-bond donors (Lipinski definition) is 3. The largest absolute Gasteiger partial charge is 0.508 e. The Hall–Kier alpha value is -2.42. The molecule has 4 bridgehead atoms. The number of aromatic nitrogens is 1. The van der Waals surface area contributed by atoms with Crippen molar-refractivity contribution in [3.05, 3.63) is 64.1 Å². The molecule has 3 N–H and O–H groups in total. The van der Waals surface area contributed by atoms with E-state index in [1.807, 2.05) is 6.07 Å². The summed E-state index contributed by atoms with van der Waals surface area (Å²) in [6, 6.07) is 5.84. The second-order valence-corrected chi connectivity index (χ2v) is 7.00. The van der Waals surface area contributed by atoms with E-state index in [1.165, 1.54) is 33.6 Å². The first-order valence-corrected chi connectivity index (χ1v) is 7.94. The second-order valence-electron chi connectivity index (χ2n) is 7.00. The zero-order chi connectivity index (χ0) is 14.5. The van der Waals surface area contributed by atoms with Crippen molar-refractivity contribution < 1.29 is 5.11 Å². The number of H-pyrrole nitrogens is 1. The van der Waals surface area contributed by atoms with Gasteiger partial charge in [0.15, 0.2) is 0 Å². The molecule has 4 aliphatic rings. The molecule has 22 heavy (non-hydrogen) atoms. The summed E-state index contributed by atoms with van der Waals surface area (Å²) in [7, 11) is 0. The van der Waals surface area contributed by atoms with Crippen LogP contribution in [0.1, 0.15) is 34.4 Å². The molecular weight excluding hydrogens is 272 g/mol. The number of piperidine rings is 1. The summed E-state index contributed by atoms with van der Waals surface area (Å²) in [4.78, 5) is 3.45. The van der Waals surface area contributed by atoms with Crippen LogP contribution in [-0.2, 0) is 11.8 Å². The van der Waals surface area contributed by atoms with Gasteiger partial charge in [-0.2, -0.15) is 0 Å². The van der Waals surface area contributed by atoms with Crippen LogP contribution < -0.4 is 5.32 Å². The van der Waals surface area contributed by atoms with Crippen LogP contribution in [0.15, 0.2) is 36.2 Å². The normalized spacial score (nSPS) is 32.1. The third-order valence-corrected chi connectivity index (χ3v) is 6.28. The highest BCUT2D eigenvalue weighted by atomic mass is 16.3. The van der Waals surface area contributed by atoms with Gasteiger partial charge < -0.3 is 15.4 Å². The van der Waals surface area contributed by atoms with Crippen LogP contribution in [0.5, 0.6) is 5.75 Å². The maximum Gasteiger partial charge on any atom is 0.115 e. The van der Waals surface area contributed by atoms with Gasteiger partial charge in [-0.05, 0) is 59.4 Å². The maximum atomic E-state index is 10.1.